The van der Waals surface area contributed by atoms with Crippen LogP contribution in [0.15, 0.2) is 18.3 Å². The number of carbonyl (C=O) groups is 1. The first-order chi connectivity index (χ1) is 7.70. The fourth-order valence-corrected chi connectivity index (χ4v) is 1.99. The van der Waals surface area contributed by atoms with Gasteiger partial charge in [0, 0.05) is 31.9 Å². The summed E-state index contributed by atoms with van der Waals surface area (Å²) < 4.78 is 0. The van der Waals surface area contributed by atoms with Crippen molar-refractivity contribution < 1.29 is 4.79 Å². The van der Waals surface area contributed by atoms with Gasteiger partial charge in [0.1, 0.15) is 5.69 Å². The van der Waals surface area contributed by atoms with Gasteiger partial charge >= 0.3 is 0 Å². The highest BCUT2D eigenvalue weighted by atomic mass is 35.5. The van der Waals surface area contributed by atoms with Crippen molar-refractivity contribution in [1.82, 2.24) is 15.2 Å². The number of nitrogens with zero attached hydrogens (tertiary/aromatic N) is 2. The predicted octanol–water partition coefficient (Wildman–Crippen LogP) is 1.67. The maximum atomic E-state index is 12.3. The average Bonchev–Trinajstić information content (AvgIpc) is 2.29. The Labute approximate surface area is 120 Å². The minimum atomic E-state index is 0. The molecule has 2 rings (SSSR count). The number of carbonyl (C=O) groups excluding carboxylic acids is 1. The van der Waals surface area contributed by atoms with Gasteiger partial charge in [-0.05, 0) is 25.5 Å². The topological polar surface area (TPSA) is 45.2 Å². The van der Waals surface area contributed by atoms with E-state index in [9.17, 15) is 4.79 Å². The number of nitrogens with one attached hydrogen (secondary N) is 1. The van der Waals surface area contributed by atoms with E-state index in [-0.39, 0.29) is 36.8 Å². The smallest absolute Gasteiger partial charge is 0.273 e. The molecule has 1 aliphatic rings. The molecule has 4 nitrogen and oxygen atoms in total. The van der Waals surface area contributed by atoms with Crippen LogP contribution < -0.4 is 5.32 Å². The normalized spacial score (nSPS) is 18.6. The Balaban J connectivity index is 0.00000144. The van der Waals surface area contributed by atoms with E-state index in [1.54, 1.807) is 6.20 Å². The molecule has 0 saturated carbocycles. The Morgan fingerprint density at radius 3 is 2.83 bits per heavy atom. The van der Waals surface area contributed by atoms with E-state index in [0.29, 0.717) is 5.69 Å². The Morgan fingerprint density at radius 2 is 2.22 bits per heavy atom. The minimum absolute atomic E-state index is 0. The van der Waals surface area contributed by atoms with Crippen LogP contribution in [0, 0.1) is 6.92 Å². The first kappa shape index (κ1) is 17.2. The quantitative estimate of drug-likeness (QED) is 0.856. The zero-order chi connectivity index (χ0) is 11.5. The molecule has 2 heterocycles. The van der Waals surface area contributed by atoms with Gasteiger partial charge in [0.15, 0.2) is 0 Å². The van der Waals surface area contributed by atoms with Gasteiger partial charge in [-0.25, -0.2) is 0 Å². The van der Waals surface area contributed by atoms with Crippen LogP contribution in [0.5, 0.6) is 0 Å². The summed E-state index contributed by atoms with van der Waals surface area (Å²) in [7, 11) is 0. The van der Waals surface area contributed by atoms with Crippen LogP contribution in [0.25, 0.3) is 0 Å². The summed E-state index contributed by atoms with van der Waals surface area (Å²) in [5.41, 5.74) is 1.52. The first-order valence-electron chi connectivity index (χ1n) is 5.63. The highest BCUT2D eigenvalue weighted by Crippen LogP contribution is 2.11. The maximum Gasteiger partial charge on any atom is 0.273 e. The first-order valence-corrected chi connectivity index (χ1v) is 5.63. The van der Waals surface area contributed by atoms with E-state index in [1.165, 1.54) is 0 Å². The summed E-state index contributed by atoms with van der Waals surface area (Å²) >= 11 is 0. The fourth-order valence-electron chi connectivity index (χ4n) is 1.99. The molecule has 1 atom stereocenters. The summed E-state index contributed by atoms with van der Waals surface area (Å²) in [6.45, 7) is 6.46. The molecule has 1 fully saturated rings. The van der Waals surface area contributed by atoms with Gasteiger partial charge < -0.3 is 10.2 Å². The van der Waals surface area contributed by atoms with Crippen molar-refractivity contribution in [3.8, 4) is 0 Å². The molecule has 102 valence electrons. The van der Waals surface area contributed by atoms with Crippen molar-refractivity contribution in [3.05, 3.63) is 29.6 Å². The maximum absolute atomic E-state index is 12.3. The average molecular weight is 292 g/mol. The Hall–Kier alpha value is -0.840. The van der Waals surface area contributed by atoms with E-state index in [2.05, 4.69) is 17.2 Å². The molecule has 0 radical (unpaired) electrons. The van der Waals surface area contributed by atoms with Crippen molar-refractivity contribution in [3.63, 3.8) is 0 Å². The minimum Gasteiger partial charge on any atom is -0.332 e. The van der Waals surface area contributed by atoms with E-state index >= 15 is 0 Å². The van der Waals surface area contributed by atoms with E-state index in [4.69, 9.17) is 0 Å². The van der Waals surface area contributed by atoms with E-state index < -0.39 is 0 Å². The zero-order valence-corrected chi connectivity index (χ0v) is 12.2. The second kappa shape index (κ2) is 7.56. The summed E-state index contributed by atoms with van der Waals surface area (Å²) in [4.78, 5) is 18.3. The largest absolute Gasteiger partial charge is 0.332 e. The molecule has 0 spiro atoms. The van der Waals surface area contributed by atoms with Crippen LogP contribution in [0.3, 0.4) is 0 Å². The standard InChI is InChI=1S/C12H17N3O.2ClH/c1-9-4-3-5-14-11(9)12(16)15-7-6-13-8-10(15)2;;/h3-5,10,13H,6-8H2,1-2H3;2*1H/t10-;;/m0../s1. The summed E-state index contributed by atoms with van der Waals surface area (Å²) in [5.74, 6) is 0.0482. The number of hydrogen-bond acceptors (Lipinski definition) is 3. The van der Waals surface area contributed by atoms with Crippen molar-refractivity contribution in [2.75, 3.05) is 19.6 Å². The van der Waals surface area contributed by atoms with Crippen molar-refractivity contribution >= 4 is 30.7 Å². The molecular formula is C12H19Cl2N3O. The molecule has 1 saturated heterocycles. The number of pyridine rings is 1. The Bertz CT molecular complexity index is 401. The van der Waals surface area contributed by atoms with Gasteiger partial charge in [-0.2, -0.15) is 0 Å². The number of hydrogen-bond donors (Lipinski definition) is 1. The molecule has 1 aliphatic heterocycles. The van der Waals surface area contributed by atoms with Crippen LogP contribution >= 0.6 is 24.8 Å². The lowest BCUT2D eigenvalue weighted by atomic mass is 10.1. The molecule has 0 bridgehead atoms. The zero-order valence-electron chi connectivity index (χ0n) is 10.5. The van der Waals surface area contributed by atoms with Gasteiger partial charge in [-0.1, -0.05) is 6.07 Å². The van der Waals surface area contributed by atoms with Gasteiger partial charge in [0.25, 0.3) is 5.91 Å². The van der Waals surface area contributed by atoms with Gasteiger partial charge in [-0.15, -0.1) is 24.8 Å². The van der Waals surface area contributed by atoms with Crippen LogP contribution in [0.2, 0.25) is 0 Å². The van der Waals surface area contributed by atoms with E-state index in [0.717, 1.165) is 25.2 Å². The molecule has 0 unspecified atom stereocenters. The third kappa shape index (κ3) is 3.57. The van der Waals surface area contributed by atoms with Crippen LogP contribution in [-0.4, -0.2) is 41.5 Å². The number of rotatable bonds is 1. The fraction of sp³-hybridized carbons (Fsp3) is 0.500. The molecule has 1 aromatic heterocycles. The van der Waals surface area contributed by atoms with Gasteiger partial charge in [0.2, 0.25) is 0 Å². The second-order valence-electron chi connectivity index (χ2n) is 4.22. The van der Waals surface area contributed by atoms with Crippen LogP contribution in [-0.2, 0) is 0 Å². The van der Waals surface area contributed by atoms with Crippen molar-refractivity contribution in [2.24, 2.45) is 0 Å². The highest BCUT2D eigenvalue weighted by Gasteiger charge is 2.25. The Kier molecular flexibility index (Phi) is 7.21. The molecule has 1 amide bonds. The summed E-state index contributed by atoms with van der Waals surface area (Å²) in [6.07, 6.45) is 1.67. The molecular weight excluding hydrogens is 273 g/mol. The van der Waals surface area contributed by atoms with Crippen molar-refractivity contribution in [1.29, 1.82) is 0 Å². The van der Waals surface area contributed by atoms with Gasteiger partial charge in [0.05, 0.1) is 0 Å². The third-order valence-corrected chi connectivity index (χ3v) is 2.97. The number of halogens is 2. The molecule has 18 heavy (non-hydrogen) atoms. The van der Waals surface area contributed by atoms with Crippen molar-refractivity contribution in [2.45, 2.75) is 19.9 Å². The number of aryl methyl sites for hydroxylation is 1. The lowest BCUT2D eigenvalue weighted by molar-refractivity contribution is 0.0649. The lowest BCUT2D eigenvalue weighted by Gasteiger charge is -2.33. The number of amides is 1. The number of piperazine rings is 1. The van der Waals surface area contributed by atoms with E-state index in [1.807, 2.05) is 24.0 Å². The molecule has 0 aliphatic carbocycles. The third-order valence-electron chi connectivity index (χ3n) is 2.97. The van der Waals surface area contributed by atoms with Gasteiger partial charge in [-0.3, -0.25) is 9.78 Å². The second-order valence-corrected chi connectivity index (χ2v) is 4.22. The lowest BCUT2D eigenvalue weighted by Crippen LogP contribution is -2.52. The molecule has 0 aromatic carbocycles. The summed E-state index contributed by atoms with van der Waals surface area (Å²) in [6, 6.07) is 4.02. The Morgan fingerprint density at radius 1 is 1.50 bits per heavy atom. The predicted molar refractivity (Wildman–Crippen MR) is 76.8 cm³/mol. The number of aromatic nitrogens is 1. The summed E-state index contributed by atoms with van der Waals surface area (Å²) in [5, 5.41) is 3.27. The SMILES string of the molecule is Cc1cccnc1C(=O)N1CCNC[C@@H]1C.Cl.Cl. The van der Waals surface area contributed by atoms with Crippen LogP contribution in [0.4, 0.5) is 0 Å². The molecule has 1 N–H and O–H groups in total. The van der Waals surface area contributed by atoms with Crippen LogP contribution in [0.1, 0.15) is 23.0 Å². The molecule has 1 aromatic rings. The highest BCUT2D eigenvalue weighted by molar-refractivity contribution is 5.93. The molecule has 6 heteroatoms. The monoisotopic (exact) mass is 291 g/mol.